The van der Waals surface area contributed by atoms with E-state index >= 15 is 0 Å². The number of piperidine rings is 2. The maximum Gasteiger partial charge on any atom is 0.0895 e. The van der Waals surface area contributed by atoms with Crippen LogP contribution in [0.25, 0.3) is 0 Å². The molecule has 0 spiro atoms. The topological polar surface area (TPSA) is 37.0 Å². The minimum atomic E-state index is 0.631. The van der Waals surface area contributed by atoms with Crippen LogP contribution < -0.4 is 10.6 Å². The summed E-state index contributed by atoms with van der Waals surface area (Å²) in [4.78, 5) is 10.0. The largest absolute Gasteiger partial charge is 0.357 e. The van der Waals surface area contributed by atoms with E-state index < -0.39 is 0 Å². The predicted molar refractivity (Wildman–Crippen MR) is 104 cm³/mol. The van der Waals surface area contributed by atoms with Crippen LogP contribution in [0.3, 0.4) is 0 Å². The number of rotatable bonds is 0. The molecule has 6 heteroatoms. The van der Waals surface area contributed by atoms with E-state index in [0.717, 1.165) is 39.5 Å². The van der Waals surface area contributed by atoms with Gasteiger partial charge in [-0.3, -0.25) is 0 Å². The first kappa shape index (κ1) is 16.8. The smallest absolute Gasteiger partial charge is 0.0895 e. The van der Waals surface area contributed by atoms with Crippen molar-refractivity contribution in [1.29, 1.82) is 0 Å². The number of hydrogen-bond acceptors (Lipinski definition) is 6. The van der Waals surface area contributed by atoms with Gasteiger partial charge < -0.3 is 30.2 Å². The summed E-state index contributed by atoms with van der Waals surface area (Å²) in [5, 5.41) is 7.88. The van der Waals surface area contributed by atoms with Crippen molar-refractivity contribution in [1.82, 2.24) is 30.2 Å². The van der Waals surface area contributed by atoms with Gasteiger partial charge in [-0.15, -0.1) is 0 Å². The van der Waals surface area contributed by atoms with Gasteiger partial charge in [0.2, 0.25) is 0 Å². The molecule has 5 aliphatic rings. The second-order valence-electron chi connectivity index (χ2n) is 8.95. The van der Waals surface area contributed by atoms with Crippen LogP contribution in [0, 0.1) is 0 Å². The van der Waals surface area contributed by atoms with Crippen LogP contribution in [0.15, 0.2) is 24.8 Å². The summed E-state index contributed by atoms with van der Waals surface area (Å²) >= 11 is 0. The molecule has 0 aromatic heterocycles. The highest BCUT2D eigenvalue weighted by atomic mass is 15.4. The molecule has 0 amide bonds. The van der Waals surface area contributed by atoms with E-state index in [9.17, 15) is 0 Å². The quantitative estimate of drug-likeness (QED) is 0.676. The average Bonchev–Trinajstić information content (AvgIpc) is 3.24. The fourth-order valence-electron chi connectivity index (χ4n) is 5.44. The Kier molecular flexibility index (Phi) is 4.71. The zero-order valence-electron chi connectivity index (χ0n) is 15.9. The molecule has 0 saturated carbocycles. The fourth-order valence-corrected chi connectivity index (χ4v) is 5.44. The predicted octanol–water partition coefficient (Wildman–Crippen LogP) is 1.11. The zero-order chi connectivity index (χ0) is 17.3. The van der Waals surface area contributed by atoms with E-state index in [-0.39, 0.29) is 0 Å². The van der Waals surface area contributed by atoms with Crippen molar-refractivity contribution in [3.05, 3.63) is 24.8 Å². The molecule has 8 bridgehead atoms. The van der Waals surface area contributed by atoms with Crippen molar-refractivity contribution >= 4 is 0 Å². The molecule has 3 fully saturated rings. The molecule has 4 atom stereocenters. The number of fused-ring (bicyclic) bond motifs is 8. The molecule has 26 heavy (non-hydrogen) atoms. The molecule has 2 N–H and O–H groups in total. The van der Waals surface area contributed by atoms with Crippen molar-refractivity contribution in [3.8, 4) is 0 Å². The summed E-state index contributed by atoms with van der Waals surface area (Å²) in [6, 6.07) is 2.52. The first-order valence-corrected chi connectivity index (χ1v) is 10.6. The Labute approximate surface area is 157 Å². The Hall–Kier alpha value is -1.40. The molecule has 0 radical (unpaired) electrons. The third kappa shape index (κ3) is 3.81. The van der Waals surface area contributed by atoms with Gasteiger partial charge in [-0.1, -0.05) is 12.8 Å². The third-order valence-electron chi connectivity index (χ3n) is 6.68. The van der Waals surface area contributed by atoms with Crippen LogP contribution in [0.1, 0.15) is 38.5 Å². The van der Waals surface area contributed by atoms with E-state index in [4.69, 9.17) is 0 Å². The molecular formula is C20H34N6. The number of nitrogens with zero attached hydrogens (tertiary/aromatic N) is 4. The highest BCUT2D eigenvalue weighted by Crippen LogP contribution is 2.21. The van der Waals surface area contributed by atoms with Gasteiger partial charge in [0.25, 0.3) is 0 Å². The lowest BCUT2D eigenvalue weighted by atomic mass is 9.97. The minimum Gasteiger partial charge on any atom is -0.357 e. The summed E-state index contributed by atoms with van der Waals surface area (Å²) in [6.07, 6.45) is 17.2. The Morgan fingerprint density at radius 3 is 1.12 bits per heavy atom. The van der Waals surface area contributed by atoms with Gasteiger partial charge in [0.15, 0.2) is 0 Å². The van der Waals surface area contributed by atoms with Gasteiger partial charge in [-0.25, -0.2) is 0 Å². The molecule has 5 aliphatic heterocycles. The van der Waals surface area contributed by atoms with Gasteiger partial charge in [0.1, 0.15) is 0 Å². The summed E-state index contributed by atoms with van der Waals surface area (Å²) in [5.41, 5.74) is 0. The fraction of sp³-hybridized carbons (Fsp3) is 0.800. The molecule has 144 valence electrons. The normalized spacial score (nSPS) is 37.5. The highest BCUT2D eigenvalue weighted by Gasteiger charge is 2.29. The Morgan fingerprint density at radius 1 is 0.500 bits per heavy atom. The first-order valence-electron chi connectivity index (χ1n) is 10.6. The number of nitrogens with one attached hydrogen (secondary N) is 2. The maximum absolute atomic E-state index is 3.94. The second kappa shape index (κ2) is 7.31. The van der Waals surface area contributed by atoms with Crippen LogP contribution in [-0.2, 0) is 0 Å². The molecule has 5 heterocycles. The first-order chi connectivity index (χ1) is 12.8. The lowest BCUT2D eigenvalue weighted by Crippen LogP contribution is -2.53. The van der Waals surface area contributed by atoms with Gasteiger partial charge in [0.05, 0.1) is 13.3 Å². The molecule has 0 aliphatic carbocycles. The molecular weight excluding hydrogens is 324 g/mol. The van der Waals surface area contributed by atoms with Crippen molar-refractivity contribution < 1.29 is 0 Å². The average molecular weight is 359 g/mol. The van der Waals surface area contributed by atoms with E-state index in [2.05, 4.69) is 55.0 Å². The van der Waals surface area contributed by atoms with Crippen LogP contribution in [0.5, 0.6) is 0 Å². The monoisotopic (exact) mass is 358 g/mol. The minimum absolute atomic E-state index is 0.631. The Bertz CT molecular complexity index is 460. The van der Waals surface area contributed by atoms with Gasteiger partial charge in [0, 0.05) is 75.1 Å². The van der Waals surface area contributed by atoms with Crippen molar-refractivity contribution in [2.45, 2.75) is 62.7 Å². The molecule has 6 nitrogen and oxygen atoms in total. The summed E-state index contributed by atoms with van der Waals surface area (Å²) in [7, 11) is 0. The molecule has 4 unspecified atom stereocenters. The van der Waals surface area contributed by atoms with Gasteiger partial charge >= 0.3 is 0 Å². The molecule has 3 saturated heterocycles. The second-order valence-corrected chi connectivity index (χ2v) is 8.95. The Balaban J connectivity index is 1.29. The van der Waals surface area contributed by atoms with Crippen molar-refractivity contribution in [2.24, 2.45) is 0 Å². The van der Waals surface area contributed by atoms with Crippen LogP contribution >= 0.6 is 0 Å². The van der Waals surface area contributed by atoms with E-state index in [1.165, 1.54) is 38.5 Å². The molecule has 0 aromatic carbocycles. The van der Waals surface area contributed by atoms with Gasteiger partial charge in [-0.2, -0.15) is 0 Å². The van der Waals surface area contributed by atoms with E-state index in [0.29, 0.717) is 24.2 Å². The zero-order valence-corrected chi connectivity index (χ0v) is 15.9. The lowest BCUT2D eigenvalue weighted by molar-refractivity contribution is 0.158. The van der Waals surface area contributed by atoms with Crippen LogP contribution in [-0.4, -0.2) is 83.3 Å². The summed E-state index contributed by atoms with van der Waals surface area (Å²) < 4.78 is 0. The van der Waals surface area contributed by atoms with E-state index in [1.54, 1.807) is 0 Å². The number of hydrogen-bond donors (Lipinski definition) is 2. The SMILES string of the molecule is C1=CN2CC3CCCC(CN4C=CN(CC5CCCC(CN1C2)N5)C4)N3. The van der Waals surface area contributed by atoms with E-state index in [1.807, 2.05) is 0 Å². The van der Waals surface area contributed by atoms with Crippen LogP contribution in [0.2, 0.25) is 0 Å². The van der Waals surface area contributed by atoms with Gasteiger partial charge in [-0.05, 0) is 25.7 Å². The summed E-state index contributed by atoms with van der Waals surface area (Å²) in [6.45, 7) is 6.70. The molecule has 0 aromatic rings. The third-order valence-corrected chi connectivity index (χ3v) is 6.68. The Morgan fingerprint density at radius 2 is 0.808 bits per heavy atom. The maximum atomic E-state index is 3.94. The van der Waals surface area contributed by atoms with Crippen molar-refractivity contribution in [3.63, 3.8) is 0 Å². The highest BCUT2D eigenvalue weighted by molar-refractivity contribution is 4.99. The van der Waals surface area contributed by atoms with Crippen molar-refractivity contribution in [2.75, 3.05) is 39.5 Å². The lowest BCUT2D eigenvalue weighted by Gasteiger charge is -2.38. The van der Waals surface area contributed by atoms with Crippen LogP contribution in [0.4, 0.5) is 0 Å². The standard InChI is InChI=1S/C20H34N6/c1-3-17-11-23-7-9-25(15-23)13-19-5-2-6-20(22-19)14-26-10-8-24(16-26)12-18(4-1)21-17/h7-10,17-22H,1-6,11-16H2. The molecule has 5 rings (SSSR count). The summed E-state index contributed by atoms with van der Waals surface area (Å²) in [5.74, 6) is 0.